The standard InChI is InChI=1S/C25H31NO4/c1-3-8-18(9-4-2)17-30-20-11-7-10-19(16-20)23(27)14-15-26-24(28)21-12-5-6-13-22(21)25(26)29/h5-7,10-13,16,18,23,27H,3-4,8-9,14-15,17H2,1-2H3. The highest BCUT2D eigenvalue weighted by molar-refractivity contribution is 6.21. The molecule has 0 aliphatic carbocycles. The smallest absolute Gasteiger partial charge is 0.261 e. The maximum absolute atomic E-state index is 12.5. The highest BCUT2D eigenvalue weighted by Gasteiger charge is 2.35. The lowest BCUT2D eigenvalue weighted by Gasteiger charge is -2.19. The fourth-order valence-corrected chi connectivity index (χ4v) is 4.01. The van der Waals surface area contributed by atoms with Gasteiger partial charge in [-0.2, -0.15) is 0 Å². The first kappa shape index (κ1) is 22.0. The second kappa shape index (κ2) is 10.4. The summed E-state index contributed by atoms with van der Waals surface area (Å²) in [6.07, 6.45) is 4.09. The van der Waals surface area contributed by atoms with Crippen molar-refractivity contribution in [3.63, 3.8) is 0 Å². The molecule has 1 unspecified atom stereocenters. The summed E-state index contributed by atoms with van der Waals surface area (Å²) in [7, 11) is 0. The minimum absolute atomic E-state index is 0.174. The van der Waals surface area contributed by atoms with Crippen LogP contribution in [0.2, 0.25) is 0 Å². The van der Waals surface area contributed by atoms with E-state index in [1.807, 2.05) is 24.3 Å². The summed E-state index contributed by atoms with van der Waals surface area (Å²) in [5.41, 5.74) is 1.59. The quantitative estimate of drug-likeness (QED) is 0.530. The number of rotatable bonds is 11. The van der Waals surface area contributed by atoms with Gasteiger partial charge in [0.25, 0.3) is 11.8 Å². The van der Waals surface area contributed by atoms with Gasteiger partial charge in [-0.1, -0.05) is 51.0 Å². The zero-order valence-electron chi connectivity index (χ0n) is 17.8. The maximum Gasteiger partial charge on any atom is 0.261 e. The largest absolute Gasteiger partial charge is 0.493 e. The molecule has 0 radical (unpaired) electrons. The molecular weight excluding hydrogens is 378 g/mol. The summed E-state index contributed by atoms with van der Waals surface area (Å²) in [6.45, 7) is 5.23. The van der Waals surface area contributed by atoms with Gasteiger partial charge in [0, 0.05) is 6.54 Å². The molecule has 2 aromatic rings. The number of hydrogen-bond donors (Lipinski definition) is 1. The summed E-state index contributed by atoms with van der Waals surface area (Å²) >= 11 is 0. The van der Waals surface area contributed by atoms with E-state index < -0.39 is 6.10 Å². The first-order valence-electron chi connectivity index (χ1n) is 10.9. The molecular formula is C25H31NO4. The Kier molecular flexibility index (Phi) is 7.63. The Morgan fingerprint density at radius 2 is 1.53 bits per heavy atom. The molecule has 0 aromatic heterocycles. The summed E-state index contributed by atoms with van der Waals surface area (Å²) in [6, 6.07) is 14.3. The number of hydrogen-bond acceptors (Lipinski definition) is 4. The number of nitrogens with zero attached hydrogens (tertiary/aromatic N) is 1. The van der Waals surface area contributed by atoms with Crippen LogP contribution in [0.25, 0.3) is 0 Å². The van der Waals surface area contributed by atoms with E-state index >= 15 is 0 Å². The molecule has 1 heterocycles. The van der Waals surface area contributed by atoms with Crippen LogP contribution in [0.5, 0.6) is 5.75 Å². The minimum Gasteiger partial charge on any atom is -0.493 e. The average Bonchev–Trinajstić information content (AvgIpc) is 3.01. The molecule has 2 aromatic carbocycles. The van der Waals surface area contributed by atoms with Crippen LogP contribution in [0.15, 0.2) is 48.5 Å². The first-order valence-corrected chi connectivity index (χ1v) is 10.9. The number of amides is 2. The van der Waals surface area contributed by atoms with E-state index in [2.05, 4.69) is 13.8 Å². The lowest BCUT2D eigenvalue weighted by molar-refractivity contribution is 0.0622. The normalized spacial score (nSPS) is 14.3. The van der Waals surface area contributed by atoms with Crippen LogP contribution in [-0.2, 0) is 0 Å². The SMILES string of the molecule is CCCC(CCC)COc1cccc(C(O)CCN2C(=O)c3ccccc3C2=O)c1. The predicted octanol–water partition coefficient (Wildman–Crippen LogP) is 5.00. The number of carbonyl (C=O) groups is 2. The van der Waals surface area contributed by atoms with E-state index in [1.54, 1.807) is 24.3 Å². The zero-order valence-corrected chi connectivity index (χ0v) is 17.8. The van der Waals surface area contributed by atoms with E-state index in [9.17, 15) is 14.7 Å². The number of aliphatic hydroxyl groups excluding tert-OH is 1. The van der Waals surface area contributed by atoms with Crippen LogP contribution < -0.4 is 4.74 Å². The lowest BCUT2D eigenvalue weighted by atomic mass is 9.99. The Morgan fingerprint density at radius 3 is 2.13 bits per heavy atom. The van der Waals surface area contributed by atoms with Gasteiger partial charge < -0.3 is 9.84 Å². The van der Waals surface area contributed by atoms with E-state index in [0.717, 1.165) is 37.0 Å². The number of carbonyl (C=O) groups excluding carboxylic acids is 2. The van der Waals surface area contributed by atoms with Crippen LogP contribution in [0.4, 0.5) is 0 Å². The van der Waals surface area contributed by atoms with Crippen molar-refractivity contribution in [1.29, 1.82) is 0 Å². The van der Waals surface area contributed by atoms with Gasteiger partial charge in [-0.3, -0.25) is 14.5 Å². The van der Waals surface area contributed by atoms with Gasteiger partial charge in [-0.15, -0.1) is 0 Å². The van der Waals surface area contributed by atoms with Gasteiger partial charge in [0.05, 0.1) is 23.8 Å². The van der Waals surface area contributed by atoms with Gasteiger partial charge in [0.2, 0.25) is 0 Å². The van der Waals surface area contributed by atoms with E-state index in [4.69, 9.17) is 4.74 Å². The van der Waals surface area contributed by atoms with Crippen molar-refractivity contribution in [2.45, 2.75) is 52.1 Å². The molecule has 0 saturated heterocycles. The summed E-state index contributed by atoms with van der Waals surface area (Å²) in [4.78, 5) is 26.2. The molecule has 0 fully saturated rings. The van der Waals surface area contributed by atoms with Crippen molar-refractivity contribution in [2.75, 3.05) is 13.2 Å². The third-order valence-electron chi connectivity index (χ3n) is 5.63. The molecule has 0 spiro atoms. The molecule has 5 heteroatoms. The number of ether oxygens (including phenoxy) is 1. The average molecular weight is 410 g/mol. The highest BCUT2D eigenvalue weighted by atomic mass is 16.5. The first-order chi connectivity index (χ1) is 14.5. The fourth-order valence-electron chi connectivity index (χ4n) is 4.01. The van der Waals surface area contributed by atoms with Crippen molar-refractivity contribution in [3.8, 4) is 5.75 Å². The van der Waals surface area contributed by atoms with Crippen LogP contribution in [0.3, 0.4) is 0 Å². The molecule has 30 heavy (non-hydrogen) atoms. The van der Waals surface area contributed by atoms with E-state index in [-0.39, 0.29) is 24.8 Å². The van der Waals surface area contributed by atoms with Gasteiger partial charge in [0.15, 0.2) is 0 Å². The van der Waals surface area contributed by atoms with Crippen molar-refractivity contribution < 1.29 is 19.4 Å². The van der Waals surface area contributed by atoms with Gasteiger partial charge in [-0.25, -0.2) is 0 Å². The highest BCUT2D eigenvalue weighted by Crippen LogP contribution is 2.26. The van der Waals surface area contributed by atoms with Crippen LogP contribution in [-0.4, -0.2) is 35.0 Å². The Hall–Kier alpha value is -2.66. The molecule has 1 N–H and O–H groups in total. The molecule has 160 valence electrons. The molecule has 1 atom stereocenters. The topological polar surface area (TPSA) is 66.8 Å². The van der Waals surface area contributed by atoms with Crippen molar-refractivity contribution >= 4 is 11.8 Å². The Labute approximate surface area is 178 Å². The molecule has 0 bridgehead atoms. The second-order valence-corrected chi connectivity index (χ2v) is 7.94. The Bertz CT molecular complexity index is 838. The zero-order chi connectivity index (χ0) is 21.5. The molecule has 1 aliphatic rings. The fraction of sp³-hybridized carbons (Fsp3) is 0.440. The summed E-state index contributed by atoms with van der Waals surface area (Å²) in [5.74, 6) is 0.697. The number of imide groups is 1. The molecule has 2 amide bonds. The number of benzene rings is 2. The van der Waals surface area contributed by atoms with Crippen LogP contribution >= 0.6 is 0 Å². The van der Waals surface area contributed by atoms with E-state index in [1.165, 1.54) is 4.90 Å². The van der Waals surface area contributed by atoms with Crippen LogP contribution in [0, 0.1) is 5.92 Å². The Balaban J connectivity index is 1.57. The second-order valence-electron chi connectivity index (χ2n) is 7.94. The molecule has 1 aliphatic heterocycles. The predicted molar refractivity (Wildman–Crippen MR) is 117 cm³/mol. The molecule has 5 nitrogen and oxygen atoms in total. The van der Waals surface area contributed by atoms with Gasteiger partial charge >= 0.3 is 0 Å². The van der Waals surface area contributed by atoms with Crippen molar-refractivity contribution in [3.05, 3.63) is 65.2 Å². The maximum atomic E-state index is 12.5. The Morgan fingerprint density at radius 1 is 0.900 bits per heavy atom. The van der Waals surface area contributed by atoms with Crippen molar-refractivity contribution in [2.24, 2.45) is 5.92 Å². The molecule has 0 saturated carbocycles. The van der Waals surface area contributed by atoms with E-state index in [0.29, 0.717) is 23.7 Å². The van der Waals surface area contributed by atoms with Gasteiger partial charge in [0.1, 0.15) is 5.75 Å². The molecule has 3 rings (SSSR count). The van der Waals surface area contributed by atoms with Crippen molar-refractivity contribution in [1.82, 2.24) is 4.90 Å². The monoisotopic (exact) mass is 409 g/mol. The third kappa shape index (κ3) is 5.08. The number of fused-ring (bicyclic) bond motifs is 1. The summed E-state index contributed by atoms with van der Waals surface area (Å²) < 4.78 is 5.99. The van der Waals surface area contributed by atoms with Gasteiger partial charge in [-0.05, 0) is 55.0 Å². The number of aliphatic hydroxyl groups is 1. The van der Waals surface area contributed by atoms with Crippen LogP contribution in [0.1, 0.15) is 78.3 Å². The minimum atomic E-state index is -0.778. The lowest BCUT2D eigenvalue weighted by Crippen LogP contribution is -2.31. The third-order valence-corrected chi connectivity index (χ3v) is 5.63. The summed E-state index contributed by atoms with van der Waals surface area (Å²) in [5, 5.41) is 10.6.